The minimum Gasteiger partial charge on any atom is -0.444 e. The van der Waals surface area contributed by atoms with Crippen molar-refractivity contribution in [2.45, 2.75) is 18.9 Å². The van der Waals surface area contributed by atoms with E-state index < -0.39 is 0 Å². The van der Waals surface area contributed by atoms with Gasteiger partial charge >= 0.3 is 0 Å². The summed E-state index contributed by atoms with van der Waals surface area (Å²) < 4.78 is 5.30. The maximum absolute atomic E-state index is 12.4. The lowest BCUT2D eigenvalue weighted by Gasteiger charge is -2.07. The third-order valence-electron chi connectivity index (χ3n) is 4.13. The van der Waals surface area contributed by atoms with Crippen molar-refractivity contribution >= 4 is 44.9 Å². The quantitative estimate of drug-likeness (QED) is 0.389. The maximum Gasteiger partial charge on any atom is 0.234 e. The number of oxazole rings is 1. The van der Waals surface area contributed by atoms with Gasteiger partial charge in [0, 0.05) is 21.5 Å². The molecule has 0 bridgehead atoms. The summed E-state index contributed by atoms with van der Waals surface area (Å²) in [4.78, 5) is 27.2. The molecule has 0 saturated carbocycles. The predicted octanol–water partition coefficient (Wildman–Crippen LogP) is 4.69. The Labute approximate surface area is 164 Å². The second-order valence-electron chi connectivity index (χ2n) is 5.93. The average Bonchev–Trinajstić information content (AvgIpc) is 3.30. The van der Waals surface area contributed by atoms with Crippen LogP contribution in [0, 0.1) is 13.8 Å². The zero-order valence-corrected chi connectivity index (χ0v) is 16.4. The standard InChI is InChI=1S/C19H16N4O2S2/c1-11-12(2)27-19-17(11)18(21-9-22-19)26-8-16(24)23-14-5-3-4-13(6-14)15-7-20-10-25-15/h3-7,9-10H,8H2,1-2H3,(H,23,24). The lowest BCUT2D eigenvalue weighted by Crippen LogP contribution is -2.14. The molecule has 6 nitrogen and oxygen atoms in total. The van der Waals surface area contributed by atoms with Crippen LogP contribution in [0.2, 0.25) is 0 Å². The number of hydrogen-bond donors (Lipinski definition) is 1. The van der Waals surface area contributed by atoms with Crippen LogP contribution in [0.5, 0.6) is 0 Å². The first-order valence-corrected chi connectivity index (χ1v) is 10.0. The SMILES string of the molecule is Cc1sc2ncnc(SCC(=O)Nc3cccc(-c4cnco4)c3)c2c1C. The number of fused-ring (bicyclic) bond motifs is 1. The zero-order chi connectivity index (χ0) is 18.8. The van der Waals surface area contributed by atoms with Crippen LogP contribution in [0.25, 0.3) is 21.5 Å². The third-order valence-corrected chi connectivity index (χ3v) is 6.24. The van der Waals surface area contributed by atoms with Crippen molar-refractivity contribution in [3.63, 3.8) is 0 Å². The molecule has 0 spiro atoms. The van der Waals surface area contributed by atoms with E-state index in [9.17, 15) is 4.79 Å². The summed E-state index contributed by atoms with van der Waals surface area (Å²) in [6.45, 7) is 4.14. The van der Waals surface area contributed by atoms with Crippen molar-refractivity contribution < 1.29 is 9.21 Å². The number of rotatable bonds is 5. The number of aromatic nitrogens is 3. The van der Waals surface area contributed by atoms with E-state index in [2.05, 4.69) is 34.1 Å². The van der Waals surface area contributed by atoms with Crippen LogP contribution in [-0.4, -0.2) is 26.6 Å². The number of carbonyl (C=O) groups excluding carboxylic acids is 1. The first-order valence-electron chi connectivity index (χ1n) is 8.24. The minimum atomic E-state index is -0.0916. The Morgan fingerprint density at radius 1 is 1.30 bits per heavy atom. The van der Waals surface area contributed by atoms with Crippen LogP contribution < -0.4 is 5.32 Å². The fourth-order valence-electron chi connectivity index (χ4n) is 2.70. The highest BCUT2D eigenvalue weighted by molar-refractivity contribution is 8.00. The molecule has 0 fully saturated rings. The Morgan fingerprint density at radius 2 is 2.19 bits per heavy atom. The van der Waals surface area contributed by atoms with Crippen LogP contribution in [0.4, 0.5) is 5.69 Å². The number of aryl methyl sites for hydroxylation is 2. The molecule has 4 aromatic rings. The lowest BCUT2D eigenvalue weighted by molar-refractivity contribution is -0.113. The second kappa shape index (κ2) is 7.50. The van der Waals surface area contributed by atoms with Gasteiger partial charge in [-0.05, 0) is 31.5 Å². The topological polar surface area (TPSA) is 80.9 Å². The first kappa shape index (κ1) is 17.7. The summed E-state index contributed by atoms with van der Waals surface area (Å²) in [6.07, 6.45) is 4.58. The van der Waals surface area contributed by atoms with E-state index in [1.807, 2.05) is 24.3 Å². The minimum absolute atomic E-state index is 0.0916. The van der Waals surface area contributed by atoms with E-state index in [0.717, 1.165) is 20.8 Å². The van der Waals surface area contributed by atoms with Crippen LogP contribution in [0.3, 0.4) is 0 Å². The number of amides is 1. The number of carbonyl (C=O) groups is 1. The van der Waals surface area contributed by atoms with Crippen LogP contribution in [0.1, 0.15) is 10.4 Å². The monoisotopic (exact) mass is 396 g/mol. The molecule has 0 saturated heterocycles. The van der Waals surface area contributed by atoms with Gasteiger partial charge in [-0.3, -0.25) is 4.79 Å². The predicted molar refractivity (Wildman–Crippen MR) is 108 cm³/mol. The summed E-state index contributed by atoms with van der Waals surface area (Å²) in [5.41, 5.74) is 2.75. The largest absolute Gasteiger partial charge is 0.444 e. The molecule has 27 heavy (non-hydrogen) atoms. The van der Waals surface area contributed by atoms with Crippen molar-refractivity contribution in [2.24, 2.45) is 0 Å². The van der Waals surface area contributed by atoms with Crippen molar-refractivity contribution in [1.82, 2.24) is 15.0 Å². The molecule has 0 radical (unpaired) electrons. The zero-order valence-electron chi connectivity index (χ0n) is 14.7. The van der Waals surface area contributed by atoms with Crippen LogP contribution in [0.15, 0.2) is 52.6 Å². The van der Waals surface area contributed by atoms with Gasteiger partial charge in [0.25, 0.3) is 0 Å². The Bertz CT molecular complexity index is 1110. The number of thiophene rings is 1. The van der Waals surface area contributed by atoms with E-state index in [0.29, 0.717) is 11.4 Å². The van der Waals surface area contributed by atoms with E-state index in [1.54, 1.807) is 23.9 Å². The van der Waals surface area contributed by atoms with E-state index >= 15 is 0 Å². The van der Waals surface area contributed by atoms with Crippen molar-refractivity contribution in [3.8, 4) is 11.3 Å². The molecule has 1 amide bonds. The number of nitrogens with one attached hydrogen (secondary N) is 1. The molecule has 0 aliphatic heterocycles. The summed E-state index contributed by atoms with van der Waals surface area (Å²) >= 11 is 3.07. The average molecular weight is 396 g/mol. The molecule has 0 unspecified atom stereocenters. The highest BCUT2D eigenvalue weighted by atomic mass is 32.2. The molecular formula is C19H16N4O2S2. The normalized spacial score (nSPS) is 11.0. The van der Waals surface area contributed by atoms with E-state index in [1.165, 1.54) is 28.6 Å². The van der Waals surface area contributed by atoms with Gasteiger partial charge in [0.1, 0.15) is 16.2 Å². The number of benzene rings is 1. The van der Waals surface area contributed by atoms with Gasteiger partial charge in [-0.1, -0.05) is 23.9 Å². The van der Waals surface area contributed by atoms with Crippen molar-refractivity contribution in [2.75, 3.05) is 11.1 Å². The molecule has 0 aliphatic rings. The number of thioether (sulfide) groups is 1. The molecule has 4 rings (SSSR count). The van der Waals surface area contributed by atoms with Crippen molar-refractivity contribution in [3.05, 3.63) is 53.6 Å². The number of anilines is 1. The van der Waals surface area contributed by atoms with Crippen molar-refractivity contribution in [1.29, 1.82) is 0 Å². The summed E-state index contributed by atoms with van der Waals surface area (Å²) in [7, 11) is 0. The summed E-state index contributed by atoms with van der Waals surface area (Å²) in [5.74, 6) is 0.839. The lowest BCUT2D eigenvalue weighted by atomic mass is 10.1. The highest BCUT2D eigenvalue weighted by Gasteiger charge is 2.14. The second-order valence-corrected chi connectivity index (χ2v) is 8.09. The van der Waals surface area contributed by atoms with E-state index in [4.69, 9.17) is 4.42 Å². The van der Waals surface area contributed by atoms with Gasteiger partial charge in [0.15, 0.2) is 12.2 Å². The molecular weight excluding hydrogens is 380 g/mol. The first-order chi connectivity index (χ1) is 13.1. The summed E-state index contributed by atoms with van der Waals surface area (Å²) in [5, 5.41) is 4.81. The Morgan fingerprint density at radius 3 is 3.00 bits per heavy atom. The molecule has 1 aromatic carbocycles. The van der Waals surface area contributed by atoms with Gasteiger partial charge in [-0.15, -0.1) is 11.3 Å². The molecule has 1 N–H and O–H groups in total. The molecule has 3 heterocycles. The number of hydrogen-bond acceptors (Lipinski definition) is 7. The Hall–Kier alpha value is -2.71. The molecule has 8 heteroatoms. The Balaban J connectivity index is 1.46. The van der Waals surface area contributed by atoms with Crippen LogP contribution >= 0.6 is 23.1 Å². The third kappa shape index (κ3) is 3.72. The molecule has 136 valence electrons. The number of nitrogens with zero attached hydrogens (tertiary/aromatic N) is 3. The molecule has 3 aromatic heterocycles. The fourth-order valence-corrected chi connectivity index (χ4v) is 4.62. The molecule has 0 aliphatic carbocycles. The van der Waals surface area contributed by atoms with Crippen LogP contribution in [-0.2, 0) is 4.79 Å². The summed E-state index contributed by atoms with van der Waals surface area (Å²) in [6, 6.07) is 7.48. The van der Waals surface area contributed by atoms with Gasteiger partial charge in [-0.2, -0.15) is 0 Å². The Kier molecular flexibility index (Phi) is 4.91. The van der Waals surface area contributed by atoms with E-state index in [-0.39, 0.29) is 11.7 Å². The highest BCUT2D eigenvalue weighted by Crippen LogP contribution is 2.34. The fraction of sp³-hybridized carbons (Fsp3) is 0.158. The van der Waals surface area contributed by atoms with Gasteiger partial charge in [0.05, 0.1) is 11.9 Å². The van der Waals surface area contributed by atoms with Gasteiger partial charge in [0.2, 0.25) is 5.91 Å². The van der Waals surface area contributed by atoms with Gasteiger partial charge < -0.3 is 9.73 Å². The maximum atomic E-state index is 12.4. The van der Waals surface area contributed by atoms with Gasteiger partial charge in [-0.25, -0.2) is 15.0 Å². The molecule has 0 atom stereocenters. The smallest absolute Gasteiger partial charge is 0.234 e.